The second kappa shape index (κ2) is 4.50. The van der Waals surface area contributed by atoms with Gasteiger partial charge in [-0.3, -0.25) is 4.57 Å². The van der Waals surface area contributed by atoms with Gasteiger partial charge >= 0.3 is 7.60 Å². The van der Waals surface area contributed by atoms with Crippen LogP contribution in [-0.4, -0.2) is 32.8 Å². The normalized spacial score (nSPS) is 18.2. The molecule has 0 saturated carbocycles. The van der Waals surface area contributed by atoms with E-state index in [4.69, 9.17) is 0 Å². The van der Waals surface area contributed by atoms with Gasteiger partial charge < -0.3 is 14.7 Å². The molecule has 0 aliphatic carbocycles. The molecule has 0 fully saturated rings. The molecule has 0 amide bonds. The molecule has 6 heteroatoms. The molecular weight excluding hydrogens is 233 g/mol. The van der Waals surface area contributed by atoms with E-state index in [1.807, 2.05) is 31.2 Å². The van der Waals surface area contributed by atoms with Crippen LogP contribution in [0.25, 0.3) is 0 Å². The molecular formula is C9H18NO3PS. The lowest BCUT2D eigenvalue weighted by atomic mass is 9.98. The Balaban J connectivity index is 3.17. The number of hydrogen-bond donors (Lipinski definition) is 2. The Kier molecular flexibility index (Phi) is 3.93. The Labute approximate surface area is 94.9 Å². The standard InChI is InChI=1S/C9H18NO3PS/c1-4-9(5-2,14(11,12)13)8-6-15-7-10(8)3/h6H,4-5,7H2,1-3H3,(H2,11,12,13). The summed E-state index contributed by atoms with van der Waals surface area (Å²) in [5.41, 5.74) is 0.783. The molecule has 1 rings (SSSR count). The first-order valence-corrected chi connectivity index (χ1v) is 7.64. The van der Waals surface area contributed by atoms with Gasteiger partial charge in [-0.1, -0.05) is 13.8 Å². The minimum absolute atomic E-state index is 0.463. The maximum Gasteiger partial charge on any atom is 0.337 e. The van der Waals surface area contributed by atoms with E-state index in [1.165, 1.54) is 0 Å². The van der Waals surface area contributed by atoms with E-state index in [0.717, 1.165) is 11.6 Å². The summed E-state index contributed by atoms with van der Waals surface area (Å²) < 4.78 is 11.7. The third kappa shape index (κ3) is 2.11. The summed E-state index contributed by atoms with van der Waals surface area (Å²) in [6.07, 6.45) is 0.926. The zero-order valence-corrected chi connectivity index (χ0v) is 11.0. The third-order valence-electron chi connectivity index (χ3n) is 3.08. The Hall–Kier alpha value is 0.0400. The molecule has 1 aliphatic heterocycles. The molecule has 15 heavy (non-hydrogen) atoms. The van der Waals surface area contributed by atoms with E-state index >= 15 is 0 Å². The van der Waals surface area contributed by atoms with Crippen molar-refractivity contribution in [2.75, 3.05) is 12.9 Å². The van der Waals surface area contributed by atoms with E-state index in [2.05, 4.69) is 0 Å². The van der Waals surface area contributed by atoms with Crippen LogP contribution < -0.4 is 0 Å². The molecule has 0 aromatic rings. The van der Waals surface area contributed by atoms with Crippen LogP contribution in [0.15, 0.2) is 11.1 Å². The van der Waals surface area contributed by atoms with Crippen molar-refractivity contribution >= 4 is 19.4 Å². The Morgan fingerprint density at radius 3 is 2.33 bits per heavy atom. The lowest BCUT2D eigenvalue weighted by molar-refractivity contribution is 0.304. The first-order valence-electron chi connectivity index (χ1n) is 4.98. The van der Waals surface area contributed by atoms with Crippen molar-refractivity contribution in [2.24, 2.45) is 0 Å². The zero-order chi connectivity index (χ0) is 11.7. The van der Waals surface area contributed by atoms with Crippen molar-refractivity contribution in [2.45, 2.75) is 31.8 Å². The highest BCUT2D eigenvalue weighted by Crippen LogP contribution is 2.60. The van der Waals surface area contributed by atoms with Crippen molar-refractivity contribution in [3.63, 3.8) is 0 Å². The van der Waals surface area contributed by atoms with Crippen LogP contribution in [0, 0.1) is 0 Å². The monoisotopic (exact) mass is 251 g/mol. The highest BCUT2D eigenvalue weighted by atomic mass is 32.2. The molecule has 1 heterocycles. The van der Waals surface area contributed by atoms with Gasteiger partial charge in [0, 0.05) is 12.7 Å². The second-order valence-electron chi connectivity index (χ2n) is 3.78. The molecule has 1 aliphatic rings. The summed E-state index contributed by atoms with van der Waals surface area (Å²) in [4.78, 5) is 21.0. The van der Waals surface area contributed by atoms with Crippen LogP contribution in [0.5, 0.6) is 0 Å². The SMILES string of the molecule is CCC(CC)(C1=CSCN1C)P(=O)(O)O. The van der Waals surface area contributed by atoms with Gasteiger partial charge in [0.25, 0.3) is 0 Å². The van der Waals surface area contributed by atoms with Crippen molar-refractivity contribution in [1.82, 2.24) is 4.90 Å². The fourth-order valence-corrected chi connectivity index (χ4v) is 4.47. The average Bonchev–Trinajstić information content (AvgIpc) is 2.53. The Bertz CT molecular complexity index is 308. The van der Waals surface area contributed by atoms with Crippen LogP contribution in [-0.2, 0) is 4.57 Å². The van der Waals surface area contributed by atoms with Crippen molar-refractivity contribution < 1.29 is 14.4 Å². The Morgan fingerprint density at radius 1 is 1.53 bits per heavy atom. The minimum atomic E-state index is -4.12. The molecule has 0 aromatic carbocycles. The summed E-state index contributed by atoms with van der Waals surface area (Å²) in [6, 6.07) is 0. The van der Waals surface area contributed by atoms with Gasteiger partial charge in [0.15, 0.2) is 0 Å². The second-order valence-corrected chi connectivity index (χ2v) is 6.55. The molecule has 88 valence electrons. The molecule has 0 aromatic heterocycles. The number of allylic oxidation sites excluding steroid dienone is 1. The van der Waals surface area contributed by atoms with E-state index in [1.54, 1.807) is 11.8 Å². The quantitative estimate of drug-likeness (QED) is 0.750. The average molecular weight is 251 g/mol. The molecule has 0 spiro atoms. The summed E-state index contributed by atoms with van der Waals surface area (Å²) in [5, 5.41) is 0.886. The third-order valence-corrected chi connectivity index (χ3v) is 5.98. The van der Waals surface area contributed by atoms with Gasteiger partial charge in [0.2, 0.25) is 0 Å². The largest absolute Gasteiger partial charge is 0.367 e. The number of nitrogens with zero attached hydrogens (tertiary/aromatic N) is 1. The van der Waals surface area contributed by atoms with Crippen molar-refractivity contribution in [1.29, 1.82) is 0 Å². The first-order chi connectivity index (χ1) is 6.89. The van der Waals surface area contributed by atoms with Gasteiger partial charge in [-0.25, -0.2) is 0 Å². The van der Waals surface area contributed by atoms with E-state index in [-0.39, 0.29) is 0 Å². The van der Waals surface area contributed by atoms with Gasteiger partial charge in [0.1, 0.15) is 5.16 Å². The van der Waals surface area contributed by atoms with Crippen LogP contribution in [0.2, 0.25) is 0 Å². The van der Waals surface area contributed by atoms with Crippen LogP contribution in [0.1, 0.15) is 26.7 Å². The van der Waals surface area contributed by atoms with Crippen LogP contribution in [0.3, 0.4) is 0 Å². The summed E-state index contributed by atoms with van der Waals surface area (Å²) >= 11 is 1.58. The molecule has 0 atom stereocenters. The number of rotatable bonds is 4. The topological polar surface area (TPSA) is 60.8 Å². The Morgan fingerprint density at radius 2 is 2.07 bits per heavy atom. The summed E-state index contributed by atoms with van der Waals surface area (Å²) in [5.74, 6) is 0.775. The molecule has 0 radical (unpaired) electrons. The van der Waals surface area contributed by atoms with E-state index in [0.29, 0.717) is 12.8 Å². The molecule has 4 nitrogen and oxygen atoms in total. The highest BCUT2D eigenvalue weighted by Gasteiger charge is 2.49. The molecule has 0 bridgehead atoms. The van der Waals surface area contributed by atoms with Gasteiger partial charge in [-0.05, 0) is 18.2 Å². The van der Waals surface area contributed by atoms with Gasteiger partial charge in [0.05, 0.1) is 5.88 Å². The minimum Gasteiger partial charge on any atom is -0.367 e. The van der Waals surface area contributed by atoms with Crippen molar-refractivity contribution in [3.8, 4) is 0 Å². The van der Waals surface area contributed by atoms with E-state index in [9.17, 15) is 14.4 Å². The van der Waals surface area contributed by atoms with Gasteiger partial charge in [-0.2, -0.15) is 0 Å². The molecule has 0 unspecified atom stereocenters. The molecule has 0 saturated heterocycles. The zero-order valence-electron chi connectivity index (χ0n) is 9.30. The van der Waals surface area contributed by atoms with Crippen molar-refractivity contribution in [3.05, 3.63) is 11.1 Å². The van der Waals surface area contributed by atoms with E-state index < -0.39 is 12.8 Å². The smallest absolute Gasteiger partial charge is 0.337 e. The number of thioether (sulfide) groups is 1. The number of hydrogen-bond acceptors (Lipinski definition) is 3. The predicted octanol–water partition coefficient (Wildman–Crippen LogP) is 2.20. The first kappa shape index (κ1) is 13.1. The van der Waals surface area contributed by atoms with Crippen LogP contribution >= 0.6 is 19.4 Å². The summed E-state index contributed by atoms with van der Waals surface area (Å²) in [7, 11) is -2.24. The molecule has 2 N–H and O–H groups in total. The van der Waals surface area contributed by atoms with Crippen LogP contribution in [0.4, 0.5) is 0 Å². The highest BCUT2D eigenvalue weighted by molar-refractivity contribution is 8.02. The summed E-state index contributed by atoms with van der Waals surface area (Å²) in [6.45, 7) is 3.67. The maximum absolute atomic E-state index is 11.7. The fourth-order valence-electron chi connectivity index (χ4n) is 2.03. The van der Waals surface area contributed by atoms with Gasteiger partial charge in [-0.15, -0.1) is 11.8 Å². The predicted molar refractivity (Wildman–Crippen MR) is 63.7 cm³/mol. The lowest BCUT2D eigenvalue weighted by Gasteiger charge is -2.36. The fraction of sp³-hybridized carbons (Fsp3) is 0.778. The lowest BCUT2D eigenvalue weighted by Crippen LogP contribution is -2.36. The maximum atomic E-state index is 11.7.